The van der Waals surface area contributed by atoms with Crippen molar-refractivity contribution >= 4 is 23.4 Å². The number of para-hydroxylation sites is 1. The number of carbonyl (C=O) groups excluding carboxylic acids is 3. The number of aryl methyl sites for hydroxylation is 1. The Labute approximate surface area is 153 Å². The van der Waals surface area contributed by atoms with Crippen LogP contribution in [0.15, 0.2) is 18.2 Å². The molecule has 1 saturated carbocycles. The molecule has 1 saturated heterocycles. The summed E-state index contributed by atoms with van der Waals surface area (Å²) >= 11 is 0. The van der Waals surface area contributed by atoms with Crippen LogP contribution in [0, 0.1) is 11.8 Å². The van der Waals surface area contributed by atoms with E-state index in [1.807, 2.05) is 18.2 Å². The number of benzene rings is 1. The van der Waals surface area contributed by atoms with Crippen LogP contribution in [0.5, 0.6) is 5.75 Å². The standard InChI is InChI=1S/C20H24N2O4/c1-26-16-10-4-6-13-7-5-11-21(18(13)16)17(23)12-22-19(24)14-8-2-3-9-15(14)20(22)25/h4,6,10,14-15H,2-3,5,7-9,11-12H2,1H3. The van der Waals surface area contributed by atoms with Crippen LogP contribution in [0.3, 0.4) is 0 Å². The van der Waals surface area contributed by atoms with Crippen LogP contribution < -0.4 is 9.64 Å². The zero-order valence-corrected chi connectivity index (χ0v) is 15.1. The van der Waals surface area contributed by atoms with E-state index in [9.17, 15) is 14.4 Å². The second-order valence-corrected chi connectivity index (χ2v) is 7.38. The van der Waals surface area contributed by atoms with E-state index in [0.29, 0.717) is 12.3 Å². The Morgan fingerprint density at radius 2 is 1.81 bits per heavy atom. The van der Waals surface area contributed by atoms with Gasteiger partial charge in [0.2, 0.25) is 17.7 Å². The smallest absolute Gasteiger partial charge is 0.247 e. The number of hydrogen-bond acceptors (Lipinski definition) is 4. The monoisotopic (exact) mass is 356 g/mol. The molecule has 2 atom stereocenters. The molecule has 2 aliphatic heterocycles. The van der Waals surface area contributed by atoms with Gasteiger partial charge in [-0.25, -0.2) is 0 Å². The maximum Gasteiger partial charge on any atom is 0.247 e. The lowest BCUT2D eigenvalue weighted by molar-refractivity contribution is -0.143. The molecule has 0 aromatic heterocycles. The van der Waals surface area contributed by atoms with Gasteiger partial charge < -0.3 is 9.64 Å². The molecule has 1 aromatic carbocycles. The molecule has 2 unspecified atom stereocenters. The molecule has 26 heavy (non-hydrogen) atoms. The van der Waals surface area contributed by atoms with Crippen LogP contribution in [0.4, 0.5) is 5.69 Å². The van der Waals surface area contributed by atoms with Crippen LogP contribution in [-0.4, -0.2) is 42.8 Å². The molecule has 2 heterocycles. The number of anilines is 1. The summed E-state index contributed by atoms with van der Waals surface area (Å²) in [4.78, 5) is 41.2. The molecule has 1 aliphatic carbocycles. The summed E-state index contributed by atoms with van der Waals surface area (Å²) < 4.78 is 5.44. The van der Waals surface area contributed by atoms with Gasteiger partial charge in [0.1, 0.15) is 12.3 Å². The quantitative estimate of drug-likeness (QED) is 0.779. The average Bonchev–Trinajstić information content (AvgIpc) is 2.92. The SMILES string of the molecule is COc1cccc2c1N(C(=O)CN1C(=O)C3CCCCC3C1=O)CCC2. The predicted octanol–water partition coefficient (Wildman–Crippen LogP) is 2.15. The van der Waals surface area contributed by atoms with Crippen molar-refractivity contribution in [2.45, 2.75) is 38.5 Å². The Hall–Kier alpha value is -2.37. The third kappa shape index (κ3) is 2.68. The lowest BCUT2D eigenvalue weighted by Crippen LogP contribution is -2.45. The van der Waals surface area contributed by atoms with Crippen LogP contribution in [-0.2, 0) is 20.8 Å². The highest BCUT2D eigenvalue weighted by Crippen LogP contribution is 2.39. The second-order valence-electron chi connectivity index (χ2n) is 7.38. The van der Waals surface area contributed by atoms with Crippen molar-refractivity contribution in [3.63, 3.8) is 0 Å². The maximum absolute atomic E-state index is 13.0. The van der Waals surface area contributed by atoms with E-state index >= 15 is 0 Å². The molecule has 0 spiro atoms. The molecule has 4 rings (SSSR count). The molecular weight excluding hydrogens is 332 g/mol. The molecule has 2 fully saturated rings. The molecule has 3 aliphatic rings. The first kappa shape index (κ1) is 17.1. The number of hydrogen-bond donors (Lipinski definition) is 0. The third-order valence-electron chi connectivity index (χ3n) is 5.93. The van der Waals surface area contributed by atoms with Crippen LogP contribution >= 0.6 is 0 Å². The molecule has 0 N–H and O–H groups in total. The van der Waals surface area contributed by atoms with E-state index in [-0.39, 0.29) is 36.1 Å². The Balaban J connectivity index is 1.57. The Bertz CT molecular complexity index is 722. The van der Waals surface area contributed by atoms with Crippen molar-refractivity contribution in [3.8, 4) is 5.75 Å². The van der Waals surface area contributed by atoms with Crippen molar-refractivity contribution in [2.24, 2.45) is 11.8 Å². The van der Waals surface area contributed by atoms with Gasteiger partial charge in [-0.15, -0.1) is 0 Å². The number of imide groups is 1. The van der Waals surface area contributed by atoms with E-state index in [0.717, 1.165) is 49.8 Å². The molecule has 138 valence electrons. The highest BCUT2D eigenvalue weighted by Gasteiger charge is 2.49. The van der Waals surface area contributed by atoms with Crippen molar-refractivity contribution in [1.29, 1.82) is 0 Å². The largest absolute Gasteiger partial charge is 0.495 e. The van der Waals surface area contributed by atoms with E-state index in [1.165, 1.54) is 4.90 Å². The summed E-state index contributed by atoms with van der Waals surface area (Å²) in [5, 5.41) is 0. The number of rotatable bonds is 3. The highest BCUT2D eigenvalue weighted by atomic mass is 16.5. The zero-order valence-electron chi connectivity index (χ0n) is 15.1. The van der Waals surface area contributed by atoms with E-state index in [1.54, 1.807) is 12.0 Å². The van der Waals surface area contributed by atoms with E-state index < -0.39 is 0 Å². The summed E-state index contributed by atoms with van der Waals surface area (Å²) in [6, 6.07) is 5.76. The molecular formula is C20H24N2O4. The third-order valence-corrected chi connectivity index (χ3v) is 5.93. The zero-order chi connectivity index (χ0) is 18.3. The fraction of sp³-hybridized carbons (Fsp3) is 0.550. The van der Waals surface area contributed by atoms with Crippen LogP contribution in [0.2, 0.25) is 0 Å². The predicted molar refractivity (Wildman–Crippen MR) is 95.8 cm³/mol. The van der Waals surface area contributed by atoms with Crippen molar-refractivity contribution < 1.29 is 19.1 Å². The van der Waals surface area contributed by atoms with Crippen molar-refractivity contribution in [3.05, 3.63) is 23.8 Å². The Kier molecular flexibility index (Phi) is 4.42. The average molecular weight is 356 g/mol. The number of ether oxygens (including phenoxy) is 1. The number of likely N-dealkylation sites (tertiary alicyclic amines) is 1. The van der Waals surface area contributed by atoms with Gasteiger partial charge in [-0.1, -0.05) is 25.0 Å². The highest BCUT2D eigenvalue weighted by molar-refractivity contribution is 6.09. The normalized spacial score (nSPS) is 25.1. The number of fused-ring (bicyclic) bond motifs is 2. The van der Waals surface area contributed by atoms with Crippen LogP contribution in [0.1, 0.15) is 37.7 Å². The summed E-state index contributed by atoms with van der Waals surface area (Å²) in [7, 11) is 1.59. The number of methoxy groups -OCH3 is 1. The first-order valence-electron chi connectivity index (χ1n) is 9.43. The van der Waals surface area contributed by atoms with E-state index in [4.69, 9.17) is 4.74 Å². The topological polar surface area (TPSA) is 66.9 Å². The van der Waals surface area contributed by atoms with Gasteiger partial charge >= 0.3 is 0 Å². The van der Waals surface area contributed by atoms with Gasteiger partial charge in [0, 0.05) is 6.54 Å². The van der Waals surface area contributed by atoms with Gasteiger partial charge in [-0.2, -0.15) is 0 Å². The van der Waals surface area contributed by atoms with Crippen molar-refractivity contribution in [1.82, 2.24) is 4.90 Å². The molecule has 6 nitrogen and oxygen atoms in total. The summed E-state index contributed by atoms with van der Waals surface area (Å²) in [6.07, 6.45) is 5.25. The lowest BCUT2D eigenvalue weighted by atomic mass is 9.81. The first-order valence-corrected chi connectivity index (χ1v) is 9.43. The maximum atomic E-state index is 13.0. The second kappa shape index (κ2) is 6.74. The van der Waals surface area contributed by atoms with Gasteiger partial charge in [-0.3, -0.25) is 19.3 Å². The van der Waals surface area contributed by atoms with E-state index in [2.05, 4.69) is 0 Å². The summed E-state index contributed by atoms with van der Waals surface area (Å²) in [5.41, 5.74) is 1.85. The summed E-state index contributed by atoms with van der Waals surface area (Å²) in [6.45, 7) is 0.414. The number of carbonyl (C=O) groups is 3. The molecule has 1 aromatic rings. The fourth-order valence-corrected chi connectivity index (χ4v) is 4.64. The van der Waals surface area contributed by atoms with Gasteiger partial charge in [0.25, 0.3) is 0 Å². The van der Waals surface area contributed by atoms with Gasteiger partial charge in [0.05, 0.1) is 24.6 Å². The number of amides is 3. The van der Waals surface area contributed by atoms with Gasteiger partial charge in [-0.05, 0) is 37.3 Å². The molecule has 0 radical (unpaired) electrons. The van der Waals surface area contributed by atoms with Gasteiger partial charge in [0.15, 0.2) is 0 Å². The minimum absolute atomic E-state index is 0.162. The number of nitrogens with zero attached hydrogens (tertiary/aromatic N) is 2. The minimum atomic E-state index is -0.216. The summed E-state index contributed by atoms with van der Waals surface area (Å²) in [5.74, 6) is -0.311. The Morgan fingerprint density at radius 3 is 2.46 bits per heavy atom. The molecule has 3 amide bonds. The van der Waals surface area contributed by atoms with Crippen LogP contribution in [0.25, 0.3) is 0 Å². The minimum Gasteiger partial charge on any atom is -0.495 e. The fourth-order valence-electron chi connectivity index (χ4n) is 4.64. The molecule has 0 bridgehead atoms. The van der Waals surface area contributed by atoms with Crippen molar-refractivity contribution in [2.75, 3.05) is 25.1 Å². The molecule has 6 heteroatoms. The first-order chi connectivity index (χ1) is 12.6. The Morgan fingerprint density at radius 1 is 1.12 bits per heavy atom. The lowest BCUT2D eigenvalue weighted by Gasteiger charge is -2.32.